The van der Waals surface area contributed by atoms with E-state index in [4.69, 9.17) is 0 Å². The van der Waals surface area contributed by atoms with Crippen LogP contribution in [0.15, 0.2) is 12.7 Å². The van der Waals surface area contributed by atoms with Gasteiger partial charge in [-0.1, -0.05) is 13.0 Å². The first-order valence-electron chi connectivity index (χ1n) is 4.41. The monoisotopic (exact) mass is 206 g/mol. The quantitative estimate of drug-likeness (QED) is 0.437. The van der Waals surface area contributed by atoms with Gasteiger partial charge in [0.1, 0.15) is 0 Å². The Morgan fingerprint density at radius 2 is 2.00 bits per heavy atom. The van der Waals surface area contributed by atoms with E-state index in [0.29, 0.717) is 13.1 Å². The Kier molecular flexibility index (Phi) is 6.84. The standard InChI is InChI=1S/C8H18N2O2S/c1-3-5-9-6-7-10-13(11,12)8-4-2/h4,9-10H,2-3,5-8H2,1H3. The molecule has 0 heterocycles. The molecule has 0 aliphatic carbocycles. The van der Waals surface area contributed by atoms with Gasteiger partial charge in [0.15, 0.2) is 0 Å². The zero-order chi connectivity index (χ0) is 10.2. The van der Waals surface area contributed by atoms with E-state index >= 15 is 0 Å². The molecule has 2 N–H and O–H groups in total. The fraction of sp³-hybridized carbons (Fsp3) is 0.750. The van der Waals surface area contributed by atoms with Crippen molar-refractivity contribution in [3.8, 4) is 0 Å². The first-order valence-corrected chi connectivity index (χ1v) is 6.06. The third kappa shape index (κ3) is 7.95. The van der Waals surface area contributed by atoms with Crippen LogP contribution in [-0.4, -0.2) is 33.8 Å². The van der Waals surface area contributed by atoms with Crippen LogP contribution in [0.1, 0.15) is 13.3 Å². The van der Waals surface area contributed by atoms with Crippen LogP contribution >= 0.6 is 0 Å². The van der Waals surface area contributed by atoms with E-state index in [9.17, 15) is 8.42 Å². The third-order valence-electron chi connectivity index (χ3n) is 1.39. The lowest BCUT2D eigenvalue weighted by Crippen LogP contribution is -2.33. The van der Waals surface area contributed by atoms with Gasteiger partial charge in [0.05, 0.1) is 5.75 Å². The summed E-state index contributed by atoms with van der Waals surface area (Å²) >= 11 is 0. The molecular formula is C8H18N2O2S. The van der Waals surface area contributed by atoms with Crippen molar-refractivity contribution in [3.63, 3.8) is 0 Å². The molecule has 13 heavy (non-hydrogen) atoms. The van der Waals surface area contributed by atoms with E-state index in [1.165, 1.54) is 6.08 Å². The van der Waals surface area contributed by atoms with Crippen LogP contribution in [0, 0.1) is 0 Å². The van der Waals surface area contributed by atoms with Crippen molar-refractivity contribution in [2.24, 2.45) is 0 Å². The Morgan fingerprint density at radius 1 is 1.31 bits per heavy atom. The molecule has 4 nitrogen and oxygen atoms in total. The molecule has 0 amide bonds. The maximum absolute atomic E-state index is 11.1. The molecule has 5 heteroatoms. The highest BCUT2D eigenvalue weighted by Gasteiger charge is 2.04. The van der Waals surface area contributed by atoms with Crippen molar-refractivity contribution in [1.82, 2.24) is 10.0 Å². The van der Waals surface area contributed by atoms with Crippen LogP contribution in [0.25, 0.3) is 0 Å². The Labute approximate surface area is 80.5 Å². The molecule has 0 saturated carbocycles. The molecule has 0 aliphatic rings. The number of sulfonamides is 1. The zero-order valence-corrected chi connectivity index (χ0v) is 8.86. The summed E-state index contributed by atoms with van der Waals surface area (Å²) in [5.74, 6) is -0.0131. The Morgan fingerprint density at radius 3 is 2.54 bits per heavy atom. The highest BCUT2D eigenvalue weighted by atomic mass is 32.2. The van der Waals surface area contributed by atoms with Gasteiger partial charge in [-0.2, -0.15) is 0 Å². The van der Waals surface area contributed by atoms with E-state index in [1.54, 1.807) is 0 Å². The number of rotatable bonds is 8. The lowest BCUT2D eigenvalue weighted by atomic mass is 10.5. The largest absolute Gasteiger partial charge is 0.315 e. The molecule has 0 radical (unpaired) electrons. The van der Waals surface area contributed by atoms with Gasteiger partial charge in [-0.05, 0) is 13.0 Å². The van der Waals surface area contributed by atoms with Gasteiger partial charge in [-0.25, -0.2) is 13.1 Å². The van der Waals surface area contributed by atoms with Crippen LogP contribution in [0.5, 0.6) is 0 Å². The highest BCUT2D eigenvalue weighted by molar-refractivity contribution is 7.89. The van der Waals surface area contributed by atoms with Crippen molar-refractivity contribution in [2.75, 3.05) is 25.4 Å². The molecule has 0 aromatic rings. The van der Waals surface area contributed by atoms with Crippen molar-refractivity contribution in [1.29, 1.82) is 0 Å². The highest BCUT2D eigenvalue weighted by Crippen LogP contribution is 1.82. The molecule has 0 unspecified atom stereocenters. The average Bonchev–Trinajstić information content (AvgIpc) is 2.04. The molecule has 0 spiro atoms. The smallest absolute Gasteiger partial charge is 0.215 e. The van der Waals surface area contributed by atoms with Crippen LogP contribution in [0.3, 0.4) is 0 Å². The summed E-state index contributed by atoms with van der Waals surface area (Å²) in [6.45, 7) is 7.46. The normalized spacial score (nSPS) is 11.5. The van der Waals surface area contributed by atoms with Crippen LogP contribution in [0.4, 0.5) is 0 Å². The van der Waals surface area contributed by atoms with Gasteiger partial charge in [0, 0.05) is 13.1 Å². The molecule has 0 aromatic heterocycles. The fourth-order valence-electron chi connectivity index (χ4n) is 0.811. The Balaban J connectivity index is 3.46. The first-order chi connectivity index (χ1) is 6.12. The van der Waals surface area contributed by atoms with E-state index in [2.05, 4.69) is 23.5 Å². The third-order valence-corrected chi connectivity index (χ3v) is 2.71. The second kappa shape index (κ2) is 7.06. The zero-order valence-electron chi connectivity index (χ0n) is 8.04. The Hall–Kier alpha value is -0.390. The molecule has 0 saturated heterocycles. The lowest BCUT2D eigenvalue weighted by Gasteiger charge is -2.04. The summed E-state index contributed by atoms with van der Waals surface area (Å²) in [5.41, 5.74) is 0. The Bertz CT molecular complexity index is 224. The van der Waals surface area contributed by atoms with E-state index in [0.717, 1.165) is 13.0 Å². The van der Waals surface area contributed by atoms with Crippen molar-refractivity contribution >= 4 is 10.0 Å². The predicted octanol–water partition coefficient (Wildman–Crippen LogP) is 0.0914. The van der Waals surface area contributed by atoms with Gasteiger partial charge in [-0.3, -0.25) is 0 Å². The summed E-state index contributed by atoms with van der Waals surface area (Å²) in [6, 6.07) is 0. The maximum atomic E-state index is 11.1. The minimum atomic E-state index is -3.13. The lowest BCUT2D eigenvalue weighted by molar-refractivity contribution is 0.578. The van der Waals surface area contributed by atoms with Crippen LogP contribution in [0.2, 0.25) is 0 Å². The SMILES string of the molecule is C=CCS(=O)(=O)NCCNCCC. The molecule has 0 rings (SSSR count). The van der Waals surface area contributed by atoms with Gasteiger partial charge in [0.2, 0.25) is 10.0 Å². The second-order valence-electron chi connectivity index (χ2n) is 2.71. The molecule has 0 aromatic carbocycles. The van der Waals surface area contributed by atoms with E-state index < -0.39 is 10.0 Å². The maximum Gasteiger partial charge on any atom is 0.215 e. The van der Waals surface area contributed by atoms with Crippen molar-refractivity contribution in [3.05, 3.63) is 12.7 Å². The van der Waals surface area contributed by atoms with Gasteiger partial charge in [0.25, 0.3) is 0 Å². The molecular weight excluding hydrogens is 188 g/mol. The molecule has 0 fully saturated rings. The predicted molar refractivity (Wildman–Crippen MR) is 55.1 cm³/mol. The first kappa shape index (κ1) is 12.6. The summed E-state index contributed by atoms with van der Waals surface area (Å²) in [5, 5.41) is 3.10. The fourth-order valence-corrected chi connectivity index (χ4v) is 1.65. The summed E-state index contributed by atoms with van der Waals surface area (Å²) < 4.78 is 24.6. The van der Waals surface area contributed by atoms with Gasteiger partial charge < -0.3 is 5.32 Å². The molecule has 0 aliphatic heterocycles. The van der Waals surface area contributed by atoms with Crippen molar-refractivity contribution < 1.29 is 8.42 Å². The number of hydrogen-bond donors (Lipinski definition) is 2. The summed E-state index contributed by atoms with van der Waals surface area (Å²) in [6.07, 6.45) is 2.43. The average molecular weight is 206 g/mol. The molecule has 0 atom stereocenters. The van der Waals surface area contributed by atoms with Gasteiger partial charge >= 0.3 is 0 Å². The van der Waals surface area contributed by atoms with Crippen LogP contribution in [-0.2, 0) is 10.0 Å². The van der Waals surface area contributed by atoms with E-state index in [1.807, 2.05) is 0 Å². The van der Waals surface area contributed by atoms with Gasteiger partial charge in [-0.15, -0.1) is 6.58 Å². The number of nitrogens with one attached hydrogen (secondary N) is 2. The van der Waals surface area contributed by atoms with Crippen LogP contribution < -0.4 is 10.0 Å². The summed E-state index contributed by atoms with van der Waals surface area (Å²) in [4.78, 5) is 0. The topological polar surface area (TPSA) is 58.2 Å². The van der Waals surface area contributed by atoms with Crippen molar-refractivity contribution in [2.45, 2.75) is 13.3 Å². The molecule has 0 bridgehead atoms. The summed E-state index contributed by atoms with van der Waals surface area (Å²) in [7, 11) is -3.13. The van der Waals surface area contributed by atoms with E-state index in [-0.39, 0.29) is 5.75 Å². The second-order valence-corrected chi connectivity index (χ2v) is 4.57. The minimum absolute atomic E-state index is 0.0131. The minimum Gasteiger partial charge on any atom is -0.315 e. The number of hydrogen-bond acceptors (Lipinski definition) is 3. The molecule has 78 valence electrons.